The Labute approximate surface area is 181 Å². The molecule has 0 aliphatic heterocycles. The van der Waals surface area contributed by atoms with Gasteiger partial charge >= 0.3 is 0 Å². The van der Waals surface area contributed by atoms with Gasteiger partial charge in [-0.2, -0.15) is 0 Å². The molecule has 166 valence electrons. The summed E-state index contributed by atoms with van der Waals surface area (Å²) in [6.07, 6.45) is 2.99. The highest BCUT2D eigenvalue weighted by Crippen LogP contribution is 2.43. The van der Waals surface area contributed by atoms with E-state index in [4.69, 9.17) is 13.3 Å². The molecular weight excluding hydrogens is 392 g/mol. The lowest BCUT2D eigenvalue weighted by Crippen LogP contribution is -2.48. The van der Waals surface area contributed by atoms with Gasteiger partial charge in [0, 0.05) is 25.4 Å². The second kappa shape index (κ2) is 9.57. The summed E-state index contributed by atoms with van der Waals surface area (Å²) in [5.41, 5.74) is 3.21. The molecule has 1 aliphatic carbocycles. The van der Waals surface area contributed by atoms with Crippen LogP contribution in [0, 0.1) is 0 Å². The van der Waals surface area contributed by atoms with Gasteiger partial charge in [-0.25, -0.2) is 0 Å². The number of hydrogen-bond acceptors (Lipinski definition) is 3. The molecule has 1 unspecified atom stereocenters. The fourth-order valence-electron chi connectivity index (χ4n) is 5.28. The van der Waals surface area contributed by atoms with Crippen molar-refractivity contribution in [3.63, 3.8) is 0 Å². The number of rotatable bonds is 10. The fraction of sp³-hybridized carbons (Fsp3) is 0.750. The highest BCUT2D eigenvalue weighted by molar-refractivity contribution is 6.77. The molecule has 0 bridgehead atoms. The van der Waals surface area contributed by atoms with Crippen molar-refractivity contribution in [2.45, 2.75) is 110 Å². The predicted molar refractivity (Wildman–Crippen MR) is 129 cm³/mol. The van der Waals surface area contributed by atoms with E-state index >= 15 is 0 Å². The second-order valence-electron chi connectivity index (χ2n) is 10.6. The zero-order chi connectivity index (χ0) is 22.0. The Kier molecular flexibility index (Phi) is 8.08. The maximum absolute atomic E-state index is 6.70. The molecule has 5 heteroatoms. The first-order chi connectivity index (χ1) is 13.4. The molecule has 0 N–H and O–H groups in total. The van der Waals surface area contributed by atoms with Crippen LogP contribution in [0.3, 0.4) is 0 Å². The highest BCUT2D eigenvalue weighted by Gasteiger charge is 2.44. The van der Waals surface area contributed by atoms with Gasteiger partial charge in [-0.1, -0.05) is 41.5 Å². The zero-order valence-corrected chi connectivity index (χ0v) is 22.5. The van der Waals surface area contributed by atoms with Crippen LogP contribution in [0.1, 0.15) is 78.7 Å². The predicted octanol–water partition coefficient (Wildman–Crippen LogP) is 8.02. The molecule has 1 atom stereocenters. The monoisotopic (exact) mass is 436 g/mol. The van der Waals surface area contributed by atoms with Gasteiger partial charge in [0.25, 0.3) is 0 Å². The van der Waals surface area contributed by atoms with Crippen LogP contribution >= 0.6 is 0 Å². The van der Waals surface area contributed by atoms with Crippen molar-refractivity contribution in [2.75, 3.05) is 6.61 Å². The lowest BCUT2D eigenvalue weighted by atomic mass is 10.0. The van der Waals surface area contributed by atoms with E-state index in [1.807, 2.05) is 0 Å². The van der Waals surface area contributed by atoms with Crippen molar-refractivity contribution in [2.24, 2.45) is 0 Å². The highest BCUT2D eigenvalue weighted by atomic mass is 28.4. The second-order valence-corrected chi connectivity index (χ2v) is 20.5. The van der Waals surface area contributed by atoms with Crippen LogP contribution in [0.25, 0.3) is 0 Å². The third kappa shape index (κ3) is 5.68. The molecule has 1 aromatic rings. The molecule has 2 rings (SSSR count). The standard InChI is InChI=1S/C24H44O3Si2/c1-17(2)29(18(3)4,19(5)6)25-16-15-21-11-13-24(26-21)22-12-14-23(20(22)7)27-28(8,9)10/h11,13,17-19,22H,12,14-16H2,1-10H3. The van der Waals surface area contributed by atoms with Gasteiger partial charge in [-0.3, -0.25) is 0 Å². The minimum Gasteiger partial charge on any atom is -0.547 e. The molecule has 0 saturated heterocycles. The fourth-order valence-corrected chi connectivity index (χ4v) is 11.7. The molecule has 0 spiro atoms. The minimum atomic E-state index is -1.81. The maximum atomic E-state index is 6.70. The third-order valence-corrected chi connectivity index (χ3v) is 13.5. The first-order valence-corrected chi connectivity index (χ1v) is 17.0. The molecule has 0 radical (unpaired) electrons. The van der Waals surface area contributed by atoms with Crippen molar-refractivity contribution in [3.8, 4) is 0 Å². The summed E-state index contributed by atoms with van der Waals surface area (Å²) in [5.74, 6) is 3.71. The van der Waals surface area contributed by atoms with Crippen LogP contribution in [-0.2, 0) is 15.3 Å². The molecule has 1 aliphatic rings. The quantitative estimate of drug-likeness (QED) is 0.348. The van der Waals surface area contributed by atoms with Gasteiger partial charge in [0.15, 0.2) is 8.32 Å². The van der Waals surface area contributed by atoms with Gasteiger partial charge in [0.1, 0.15) is 11.5 Å². The minimum absolute atomic E-state index is 0.367. The Morgan fingerprint density at radius 2 is 1.59 bits per heavy atom. The van der Waals surface area contributed by atoms with E-state index in [9.17, 15) is 0 Å². The Balaban J connectivity index is 2.03. The summed E-state index contributed by atoms with van der Waals surface area (Å²) in [6, 6.07) is 4.31. The molecule has 0 saturated carbocycles. The largest absolute Gasteiger partial charge is 0.547 e. The molecule has 1 aromatic heterocycles. The Morgan fingerprint density at radius 3 is 2.10 bits per heavy atom. The summed E-state index contributed by atoms with van der Waals surface area (Å²) in [6.45, 7) is 23.8. The van der Waals surface area contributed by atoms with Crippen molar-refractivity contribution in [1.29, 1.82) is 0 Å². The summed E-state index contributed by atoms with van der Waals surface area (Å²) in [5, 5.41) is 0. The third-order valence-electron chi connectivity index (χ3n) is 6.49. The Hall–Kier alpha value is -0.786. The molecule has 0 aromatic carbocycles. The summed E-state index contributed by atoms with van der Waals surface area (Å²) < 4.78 is 19.3. The topological polar surface area (TPSA) is 31.6 Å². The lowest BCUT2D eigenvalue weighted by molar-refractivity contribution is 0.270. The smallest absolute Gasteiger partial charge is 0.241 e. The zero-order valence-electron chi connectivity index (χ0n) is 20.5. The SMILES string of the molecule is CC1=C(O[Si](C)(C)C)CCC1c1ccc(CCO[Si](C(C)C)(C(C)C)C(C)C)o1. The van der Waals surface area contributed by atoms with Crippen LogP contribution in [0.4, 0.5) is 0 Å². The lowest BCUT2D eigenvalue weighted by Gasteiger charge is -2.42. The van der Waals surface area contributed by atoms with E-state index in [-0.39, 0.29) is 0 Å². The van der Waals surface area contributed by atoms with E-state index in [0.717, 1.165) is 37.4 Å². The van der Waals surface area contributed by atoms with Crippen molar-refractivity contribution >= 4 is 16.6 Å². The molecule has 0 amide bonds. The van der Waals surface area contributed by atoms with E-state index in [2.05, 4.69) is 80.2 Å². The van der Waals surface area contributed by atoms with Crippen LogP contribution in [-0.4, -0.2) is 23.2 Å². The Morgan fingerprint density at radius 1 is 1.00 bits per heavy atom. The van der Waals surface area contributed by atoms with Crippen LogP contribution in [0.5, 0.6) is 0 Å². The van der Waals surface area contributed by atoms with E-state index < -0.39 is 16.6 Å². The van der Waals surface area contributed by atoms with Crippen molar-refractivity contribution in [1.82, 2.24) is 0 Å². The van der Waals surface area contributed by atoms with Crippen LogP contribution < -0.4 is 0 Å². The van der Waals surface area contributed by atoms with Crippen LogP contribution in [0.15, 0.2) is 27.9 Å². The van der Waals surface area contributed by atoms with E-state index in [1.54, 1.807) is 0 Å². The summed E-state index contributed by atoms with van der Waals surface area (Å²) in [7, 11) is -3.36. The first kappa shape index (κ1) is 24.5. The van der Waals surface area contributed by atoms with Gasteiger partial charge < -0.3 is 13.3 Å². The van der Waals surface area contributed by atoms with E-state index in [0.29, 0.717) is 22.5 Å². The van der Waals surface area contributed by atoms with Gasteiger partial charge in [-0.05, 0) is 67.3 Å². The molecule has 1 heterocycles. The number of hydrogen-bond donors (Lipinski definition) is 0. The average Bonchev–Trinajstić information content (AvgIpc) is 3.16. The molecule has 29 heavy (non-hydrogen) atoms. The maximum Gasteiger partial charge on any atom is 0.241 e. The normalized spacial score (nSPS) is 18.6. The number of furan rings is 1. The summed E-state index contributed by atoms with van der Waals surface area (Å²) >= 11 is 0. The van der Waals surface area contributed by atoms with Gasteiger partial charge in [0.05, 0.1) is 5.76 Å². The Bertz CT molecular complexity index is 673. The summed E-state index contributed by atoms with van der Waals surface area (Å²) in [4.78, 5) is 0. The first-order valence-electron chi connectivity index (χ1n) is 11.5. The van der Waals surface area contributed by atoms with Gasteiger partial charge in [0.2, 0.25) is 8.32 Å². The van der Waals surface area contributed by atoms with Crippen molar-refractivity contribution < 1.29 is 13.3 Å². The van der Waals surface area contributed by atoms with E-state index in [1.165, 1.54) is 11.3 Å². The molecule has 0 fully saturated rings. The molecule has 3 nitrogen and oxygen atoms in total. The number of allylic oxidation sites excluding steroid dienone is 2. The van der Waals surface area contributed by atoms with Gasteiger partial charge in [-0.15, -0.1) is 0 Å². The van der Waals surface area contributed by atoms with Crippen molar-refractivity contribution in [3.05, 3.63) is 35.0 Å². The average molecular weight is 437 g/mol. The molecular formula is C24H44O3Si2. The van der Waals surface area contributed by atoms with Crippen LogP contribution in [0.2, 0.25) is 36.3 Å².